The maximum Gasteiger partial charge on any atom is 0.254 e. The first kappa shape index (κ1) is 13.7. The number of nitrogens with zero attached hydrogens (tertiary/aromatic N) is 1. The smallest absolute Gasteiger partial charge is 0.254 e. The highest BCUT2D eigenvalue weighted by Crippen LogP contribution is 2.20. The molecule has 2 rings (SSSR count). The molecule has 0 aliphatic rings. The zero-order valence-electron chi connectivity index (χ0n) is 10.9. The highest BCUT2D eigenvalue weighted by atomic mass is 35.5. The number of rotatable bonds is 3. The predicted molar refractivity (Wildman–Crippen MR) is 77.0 cm³/mol. The lowest BCUT2D eigenvalue weighted by molar-refractivity contribution is 0.471. The van der Waals surface area contributed by atoms with Gasteiger partial charge in [0.15, 0.2) is 0 Å². The van der Waals surface area contributed by atoms with Crippen LogP contribution in [0.2, 0.25) is 5.02 Å². The first-order valence-electron chi connectivity index (χ1n) is 6.15. The van der Waals surface area contributed by atoms with Gasteiger partial charge in [-0.05, 0) is 17.0 Å². The molecule has 0 unspecified atom stereocenters. The molecule has 0 aliphatic carbocycles. The topological polar surface area (TPSA) is 42.2 Å². The van der Waals surface area contributed by atoms with Crippen LogP contribution >= 0.6 is 11.6 Å². The molecule has 19 heavy (non-hydrogen) atoms. The van der Waals surface area contributed by atoms with E-state index in [1.54, 1.807) is 0 Å². The third-order valence-electron chi connectivity index (χ3n) is 3.06. The van der Waals surface area contributed by atoms with E-state index in [1.807, 2.05) is 12.1 Å². The Balaban J connectivity index is 2.26. The van der Waals surface area contributed by atoms with Gasteiger partial charge in [0.2, 0.25) is 0 Å². The third-order valence-corrected chi connectivity index (χ3v) is 3.35. The Kier molecular flexibility index (Phi) is 3.96. The van der Waals surface area contributed by atoms with Crippen LogP contribution in [0, 0.1) is 0 Å². The van der Waals surface area contributed by atoms with E-state index in [0.29, 0.717) is 12.5 Å². The summed E-state index contributed by atoms with van der Waals surface area (Å²) >= 11 is 5.81. The van der Waals surface area contributed by atoms with Crippen molar-refractivity contribution in [3.05, 3.63) is 63.0 Å². The van der Waals surface area contributed by atoms with Gasteiger partial charge in [-0.1, -0.05) is 49.7 Å². The fourth-order valence-electron chi connectivity index (χ4n) is 1.86. The van der Waals surface area contributed by atoms with E-state index in [-0.39, 0.29) is 16.3 Å². The molecule has 2 aromatic rings. The van der Waals surface area contributed by atoms with Crippen LogP contribution in [0.15, 0.2) is 41.3 Å². The molecule has 0 bridgehead atoms. The van der Waals surface area contributed by atoms with Gasteiger partial charge in [-0.25, -0.2) is 0 Å². The van der Waals surface area contributed by atoms with E-state index in [9.17, 15) is 9.90 Å². The summed E-state index contributed by atoms with van der Waals surface area (Å²) in [6, 6.07) is 9.26. The molecule has 100 valence electrons. The molecule has 0 atom stereocenters. The van der Waals surface area contributed by atoms with E-state index in [2.05, 4.69) is 26.0 Å². The van der Waals surface area contributed by atoms with Gasteiger partial charge in [0.25, 0.3) is 5.56 Å². The quantitative estimate of drug-likeness (QED) is 0.934. The second kappa shape index (κ2) is 5.49. The molecule has 0 saturated heterocycles. The first-order valence-corrected chi connectivity index (χ1v) is 6.53. The Labute approximate surface area is 117 Å². The van der Waals surface area contributed by atoms with Crippen LogP contribution in [0.5, 0.6) is 5.75 Å². The second-order valence-electron chi connectivity index (χ2n) is 4.87. The summed E-state index contributed by atoms with van der Waals surface area (Å²) < 4.78 is 1.48. The molecular weight excluding hydrogens is 262 g/mol. The lowest BCUT2D eigenvalue weighted by Gasteiger charge is -2.09. The summed E-state index contributed by atoms with van der Waals surface area (Å²) in [5.74, 6) is 0.304. The van der Waals surface area contributed by atoms with Crippen molar-refractivity contribution in [1.29, 1.82) is 0 Å². The molecule has 1 N–H and O–H groups in total. The fourth-order valence-corrected chi connectivity index (χ4v) is 2.04. The number of benzene rings is 1. The van der Waals surface area contributed by atoms with Crippen LogP contribution in [0.1, 0.15) is 30.9 Å². The van der Waals surface area contributed by atoms with Crippen molar-refractivity contribution >= 4 is 11.6 Å². The monoisotopic (exact) mass is 277 g/mol. The van der Waals surface area contributed by atoms with E-state index >= 15 is 0 Å². The Hall–Kier alpha value is -1.74. The van der Waals surface area contributed by atoms with E-state index < -0.39 is 0 Å². The van der Waals surface area contributed by atoms with Gasteiger partial charge in [0.1, 0.15) is 5.75 Å². The molecule has 0 saturated carbocycles. The summed E-state index contributed by atoms with van der Waals surface area (Å²) in [6.07, 6.45) is 1.45. The van der Waals surface area contributed by atoms with Gasteiger partial charge in [-0.2, -0.15) is 0 Å². The summed E-state index contributed by atoms with van der Waals surface area (Å²) in [6.45, 7) is 4.72. The molecule has 1 heterocycles. The zero-order chi connectivity index (χ0) is 14.0. The highest BCUT2D eigenvalue weighted by Gasteiger charge is 2.05. The van der Waals surface area contributed by atoms with Crippen LogP contribution in [-0.2, 0) is 6.54 Å². The SMILES string of the molecule is CC(C)c1ccc(Cn2cc(Cl)c(O)cc2=O)cc1. The Morgan fingerprint density at radius 2 is 1.89 bits per heavy atom. The van der Waals surface area contributed by atoms with Crippen LogP contribution in [0.3, 0.4) is 0 Å². The van der Waals surface area contributed by atoms with Crippen molar-refractivity contribution < 1.29 is 5.11 Å². The number of pyridine rings is 1. The number of aromatic hydroxyl groups is 1. The van der Waals surface area contributed by atoms with E-state index in [0.717, 1.165) is 11.6 Å². The first-order chi connectivity index (χ1) is 8.97. The summed E-state index contributed by atoms with van der Waals surface area (Å²) in [5, 5.41) is 9.52. The Morgan fingerprint density at radius 1 is 1.26 bits per heavy atom. The minimum absolute atomic E-state index is 0.179. The molecule has 0 aliphatic heterocycles. The van der Waals surface area contributed by atoms with Gasteiger partial charge < -0.3 is 9.67 Å². The normalized spacial score (nSPS) is 10.9. The molecule has 1 aromatic heterocycles. The summed E-state index contributed by atoms with van der Waals surface area (Å²) in [5.41, 5.74) is 2.02. The van der Waals surface area contributed by atoms with Crippen molar-refractivity contribution in [2.45, 2.75) is 26.3 Å². The van der Waals surface area contributed by atoms with Crippen LogP contribution in [0.4, 0.5) is 0 Å². The van der Waals surface area contributed by atoms with Gasteiger partial charge in [-0.15, -0.1) is 0 Å². The minimum atomic E-state index is -0.269. The number of hydrogen-bond donors (Lipinski definition) is 1. The molecule has 1 aromatic carbocycles. The van der Waals surface area contributed by atoms with Crippen molar-refractivity contribution in [2.24, 2.45) is 0 Å². The minimum Gasteiger partial charge on any atom is -0.506 e. The highest BCUT2D eigenvalue weighted by molar-refractivity contribution is 6.31. The van der Waals surface area contributed by atoms with Gasteiger partial charge in [0, 0.05) is 12.3 Å². The van der Waals surface area contributed by atoms with Crippen LogP contribution < -0.4 is 5.56 Å². The third kappa shape index (κ3) is 3.18. The Morgan fingerprint density at radius 3 is 2.47 bits per heavy atom. The molecular formula is C15H16ClNO2. The zero-order valence-corrected chi connectivity index (χ0v) is 11.7. The molecule has 3 nitrogen and oxygen atoms in total. The average molecular weight is 278 g/mol. The maximum atomic E-state index is 11.7. The molecule has 0 spiro atoms. The van der Waals surface area contributed by atoms with E-state index in [4.69, 9.17) is 11.6 Å². The molecule has 0 fully saturated rings. The number of hydrogen-bond acceptors (Lipinski definition) is 2. The maximum absolute atomic E-state index is 11.7. The summed E-state index contributed by atoms with van der Waals surface area (Å²) in [7, 11) is 0. The lowest BCUT2D eigenvalue weighted by atomic mass is 10.0. The molecule has 0 amide bonds. The van der Waals surface area contributed by atoms with Crippen molar-refractivity contribution in [2.75, 3.05) is 0 Å². The lowest BCUT2D eigenvalue weighted by Crippen LogP contribution is -2.18. The predicted octanol–water partition coefficient (Wildman–Crippen LogP) is 3.38. The van der Waals surface area contributed by atoms with Gasteiger partial charge >= 0.3 is 0 Å². The second-order valence-corrected chi connectivity index (χ2v) is 5.28. The molecule has 4 heteroatoms. The van der Waals surface area contributed by atoms with Crippen molar-refractivity contribution in [3.63, 3.8) is 0 Å². The van der Waals surface area contributed by atoms with E-state index in [1.165, 1.54) is 16.3 Å². The van der Waals surface area contributed by atoms with Crippen molar-refractivity contribution in [3.8, 4) is 5.75 Å². The largest absolute Gasteiger partial charge is 0.506 e. The van der Waals surface area contributed by atoms with Crippen molar-refractivity contribution in [1.82, 2.24) is 4.57 Å². The summed E-state index contributed by atoms with van der Waals surface area (Å²) in [4.78, 5) is 11.7. The fraction of sp³-hybridized carbons (Fsp3) is 0.267. The molecule has 0 radical (unpaired) electrons. The van der Waals surface area contributed by atoms with Gasteiger partial charge in [-0.3, -0.25) is 4.79 Å². The Bertz CT molecular complexity index is 630. The standard InChI is InChI=1S/C15H16ClNO2/c1-10(2)12-5-3-11(4-6-12)8-17-9-13(16)14(18)7-15(17)19/h3-7,9-10,18H,8H2,1-2H3. The van der Waals surface area contributed by atoms with Crippen LogP contribution in [0.25, 0.3) is 0 Å². The van der Waals surface area contributed by atoms with Gasteiger partial charge in [0.05, 0.1) is 11.6 Å². The number of aromatic nitrogens is 1. The number of halogens is 1. The van der Waals surface area contributed by atoms with Crippen LogP contribution in [-0.4, -0.2) is 9.67 Å². The average Bonchev–Trinajstić information content (AvgIpc) is 2.36.